The second kappa shape index (κ2) is 7.73. The predicted octanol–water partition coefficient (Wildman–Crippen LogP) is 6.80. The molecule has 0 saturated heterocycles. The van der Waals surface area contributed by atoms with Crippen LogP contribution in [0.5, 0.6) is 11.5 Å². The van der Waals surface area contributed by atoms with Crippen LogP contribution in [0.15, 0.2) is 10.8 Å². The van der Waals surface area contributed by atoms with Crippen molar-refractivity contribution in [3.8, 4) is 11.5 Å². The summed E-state index contributed by atoms with van der Waals surface area (Å²) in [6.07, 6.45) is -9.36. The number of halogens is 9. The average Bonchev–Trinajstić information content (AvgIpc) is 2.95. The van der Waals surface area contributed by atoms with E-state index < -0.39 is 42.2 Å². The molecule has 2 rings (SSSR count). The van der Waals surface area contributed by atoms with Crippen LogP contribution in [-0.4, -0.2) is 37.2 Å². The summed E-state index contributed by atoms with van der Waals surface area (Å²) in [6.45, 7) is 2.97. The predicted molar refractivity (Wildman–Crippen MR) is 87.3 cm³/mol. The highest BCUT2D eigenvalue weighted by Gasteiger charge is 2.81. The van der Waals surface area contributed by atoms with Crippen molar-refractivity contribution in [2.24, 2.45) is 11.3 Å². The highest BCUT2D eigenvalue weighted by molar-refractivity contribution is 7.08. The van der Waals surface area contributed by atoms with Crippen LogP contribution in [0.4, 0.5) is 39.5 Å². The molecule has 1 aliphatic rings. The van der Waals surface area contributed by atoms with Crippen molar-refractivity contribution < 1.29 is 49.0 Å². The molecule has 0 saturated carbocycles. The summed E-state index contributed by atoms with van der Waals surface area (Å²) < 4.78 is 129. The van der Waals surface area contributed by atoms with Gasteiger partial charge >= 0.3 is 23.9 Å². The number of fused-ring (bicyclic) bond motifs is 1. The van der Waals surface area contributed by atoms with Gasteiger partial charge in [0.1, 0.15) is 0 Å². The first kappa shape index (κ1) is 23.9. The van der Waals surface area contributed by atoms with Gasteiger partial charge in [-0.3, -0.25) is 0 Å². The van der Waals surface area contributed by atoms with E-state index in [2.05, 4.69) is 0 Å². The van der Waals surface area contributed by atoms with Gasteiger partial charge in [0.05, 0.1) is 13.2 Å². The number of hydrogen-bond acceptors (Lipinski definition) is 3. The summed E-state index contributed by atoms with van der Waals surface area (Å²) in [5, 5.41) is 3.15. The zero-order valence-corrected chi connectivity index (χ0v) is 16.2. The van der Waals surface area contributed by atoms with Crippen molar-refractivity contribution in [3.63, 3.8) is 0 Å². The van der Waals surface area contributed by atoms with Crippen molar-refractivity contribution in [1.29, 1.82) is 0 Å². The topological polar surface area (TPSA) is 18.5 Å². The number of thiophene rings is 1. The normalized spacial score (nSPS) is 18.1. The molecule has 1 aliphatic heterocycles. The molecule has 0 unspecified atom stereocenters. The Morgan fingerprint density at radius 3 is 1.79 bits per heavy atom. The summed E-state index contributed by atoms with van der Waals surface area (Å²) in [7, 11) is 0. The molecule has 0 aliphatic carbocycles. The SMILES string of the molecule is CC(C)CC1(CCC(F)(F)C(F)(F)C(F)(F)C(F)(F)F)COc2cscc2OC1. The zero-order valence-electron chi connectivity index (χ0n) is 15.4. The minimum absolute atomic E-state index is 0.136. The van der Waals surface area contributed by atoms with Crippen molar-refractivity contribution in [3.05, 3.63) is 10.8 Å². The molecular weight excluding hydrogens is 439 g/mol. The maximum absolute atomic E-state index is 14.0. The van der Waals surface area contributed by atoms with Crippen LogP contribution < -0.4 is 9.47 Å². The molecule has 1 aromatic rings. The molecule has 29 heavy (non-hydrogen) atoms. The van der Waals surface area contributed by atoms with Crippen LogP contribution in [-0.2, 0) is 0 Å². The fourth-order valence-electron chi connectivity index (χ4n) is 3.20. The van der Waals surface area contributed by atoms with Crippen molar-refractivity contribution >= 4 is 11.3 Å². The van der Waals surface area contributed by atoms with Gasteiger partial charge in [-0.1, -0.05) is 13.8 Å². The van der Waals surface area contributed by atoms with E-state index in [1.165, 1.54) is 11.3 Å². The molecular formula is C17H19F9O2S. The maximum Gasteiger partial charge on any atom is 0.460 e. The first-order valence-electron chi connectivity index (χ1n) is 8.57. The van der Waals surface area contributed by atoms with Crippen LogP contribution >= 0.6 is 11.3 Å². The van der Waals surface area contributed by atoms with Crippen molar-refractivity contribution in [2.45, 2.75) is 57.1 Å². The van der Waals surface area contributed by atoms with E-state index in [1.54, 1.807) is 24.6 Å². The van der Waals surface area contributed by atoms with Gasteiger partial charge in [-0.25, -0.2) is 0 Å². The summed E-state index contributed by atoms with van der Waals surface area (Å²) in [6, 6.07) is 0. The molecule has 12 heteroatoms. The number of alkyl halides is 9. The summed E-state index contributed by atoms with van der Waals surface area (Å²) >= 11 is 1.25. The third kappa shape index (κ3) is 4.56. The molecule has 2 heterocycles. The van der Waals surface area contributed by atoms with Crippen LogP contribution in [0.2, 0.25) is 0 Å². The van der Waals surface area contributed by atoms with E-state index in [-0.39, 0.29) is 25.6 Å². The van der Waals surface area contributed by atoms with E-state index in [0.717, 1.165) is 0 Å². The lowest BCUT2D eigenvalue weighted by molar-refractivity contribution is -0.397. The van der Waals surface area contributed by atoms with Gasteiger partial charge in [-0.15, -0.1) is 11.3 Å². The Labute approximate surface area is 165 Å². The van der Waals surface area contributed by atoms with Gasteiger partial charge in [0.2, 0.25) is 0 Å². The van der Waals surface area contributed by atoms with Gasteiger partial charge in [-0.2, -0.15) is 39.5 Å². The Balaban J connectivity index is 2.23. The Kier molecular flexibility index (Phi) is 6.39. The quantitative estimate of drug-likeness (QED) is 0.419. The number of rotatable bonds is 7. The van der Waals surface area contributed by atoms with Crippen molar-refractivity contribution in [1.82, 2.24) is 0 Å². The largest absolute Gasteiger partial charge is 0.488 e. The lowest BCUT2D eigenvalue weighted by Crippen LogP contribution is -2.61. The molecule has 0 N–H and O–H groups in total. The molecule has 0 amide bonds. The van der Waals surface area contributed by atoms with E-state index in [0.29, 0.717) is 11.5 Å². The number of hydrogen-bond donors (Lipinski definition) is 0. The van der Waals surface area contributed by atoms with Crippen molar-refractivity contribution in [2.75, 3.05) is 13.2 Å². The second-order valence-electron chi connectivity index (χ2n) is 7.63. The van der Waals surface area contributed by atoms with Crippen LogP contribution in [0.3, 0.4) is 0 Å². The van der Waals surface area contributed by atoms with Gasteiger partial charge in [0.15, 0.2) is 11.5 Å². The van der Waals surface area contributed by atoms with Gasteiger partial charge in [0.25, 0.3) is 0 Å². The van der Waals surface area contributed by atoms with E-state index in [1.807, 2.05) is 0 Å². The molecule has 0 aromatic carbocycles. The van der Waals surface area contributed by atoms with E-state index in [4.69, 9.17) is 9.47 Å². The molecule has 0 radical (unpaired) electrons. The molecule has 2 nitrogen and oxygen atoms in total. The van der Waals surface area contributed by atoms with E-state index in [9.17, 15) is 39.5 Å². The summed E-state index contributed by atoms with van der Waals surface area (Å²) in [5.41, 5.74) is -1.27. The first-order chi connectivity index (χ1) is 13.0. The van der Waals surface area contributed by atoms with Gasteiger partial charge < -0.3 is 9.47 Å². The summed E-state index contributed by atoms with van der Waals surface area (Å²) in [5.74, 6) is -18.6. The summed E-state index contributed by atoms with van der Waals surface area (Å²) in [4.78, 5) is 0. The Morgan fingerprint density at radius 1 is 0.897 bits per heavy atom. The zero-order chi connectivity index (χ0) is 22.3. The van der Waals surface area contributed by atoms with Crippen LogP contribution in [0, 0.1) is 11.3 Å². The first-order valence-corrected chi connectivity index (χ1v) is 9.51. The Bertz CT molecular complexity index is 675. The van der Waals surface area contributed by atoms with Crippen LogP contribution in [0.1, 0.15) is 33.1 Å². The average molecular weight is 458 g/mol. The third-order valence-corrected chi connectivity index (χ3v) is 5.38. The molecule has 0 atom stereocenters. The minimum atomic E-state index is -6.88. The highest BCUT2D eigenvalue weighted by atomic mass is 32.1. The third-order valence-electron chi connectivity index (χ3n) is 4.68. The van der Waals surface area contributed by atoms with Crippen LogP contribution in [0.25, 0.3) is 0 Å². The Hall–Kier alpha value is -1.33. The van der Waals surface area contributed by atoms with Gasteiger partial charge in [-0.05, 0) is 18.8 Å². The number of ether oxygens (including phenoxy) is 2. The second-order valence-corrected chi connectivity index (χ2v) is 8.37. The fraction of sp³-hybridized carbons (Fsp3) is 0.765. The Morgan fingerprint density at radius 2 is 1.38 bits per heavy atom. The molecule has 0 spiro atoms. The lowest BCUT2D eigenvalue weighted by atomic mass is 9.76. The highest BCUT2D eigenvalue weighted by Crippen LogP contribution is 2.55. The lowest BCUT2D eigenvalue weighted by Gasteiger charge is -2.37. The molecule has 0 fully saturated rings. The monoisotopic (exact) mass is 458 g/mol. The maximum atomic E-state index is 14.0. The molecule has 0 bridgehead atoms. The fourth-order valence-corrected chi connectivity index (χ4v) is 3.89. The van der Waals surface area contributed by atoms with E-state index >= 15 is 0 Å². The van der Waals surface area contributed by atoms with Gasteiger partial charge in [0, 0.05) is 22.6 Å². The minimum Gasteiger partial charge on any atom is -0.488 e. The molecule has 1 aromatic heterocycles. The smallest absolute Gasteiger partial charge is 0.460 e. The molecule has 168 valence electrons. The standard InChI is InChI=1S/C17H19F9O2S/c1-10(2)5-13(8-27-11-6-29-7-12(11)28-9-13)3-4-14(18,19)15(20,21)16(22,23)17(24,25)26/h6-7,10H,3-5,8-9H2,1-2H3.